The second-order valence-corrected chi connectivity index (χ2v) is 4.45. The van der Waals surface area contributed by atoms with Crippen molar-refractivity contribution in [1.82, 2.24) is 10.2 Å². The first kappa shape index (κ1) is 9.77. The Balaban J connectivity index is 1.86. The first-order chi connectivity index (χ1) is 6.66. The number of carbonyl (C=O) groups is 1. The van der Waals surface area contributed by atoms with Crippen LogP contribution >= 0.6 is 0 Å². The van der Waals surface area contributed by atoms with Crippen molar-refractivity contribution in [1.29, 1.82) is 0 Å². The van der Waals surface area contributed by atoms with Gasteiger partial charge in [-0.15, -0.1) is 0 Å². The van der Waals surface area contributed by atoms with E-state index in [0.29, 0.717) is 12.0 Å². The summed E-state index contributed by atoms with van der Waals surface area (Å²) < 4.78 is 5.16. The molecule has 0 aromatic rings. The fourth-order valence-corrected chi connectivity index (χ4v) is 2.27. The maximum atomic E-state index is 11.6. The molecule has 0 aromatic carbocycles. The Morgan fingerprint density at radius 2 is 2.29 bits per heavy atom. The van der Waals surface area contributed by atoms with Crippen molar-refractivity contribution in [2.75, 3.05) is 19.6 Å². The third-order valence-electron chi connectivity index (χ3n) is 2.96. The average molecular weight is 198 g/mol. The molecule has 80 valence electrons. The van der Waals surface area contributed by atoms with E-state index in [1.807, 2.05) is 18.7 Å². The Kier molecular flexibility index (Phi) is 2.63. The van der Waals surface area contributed by atoms with Crippen LogP contribution < -0.4 is 5.32 Å². The summed E-state index contributed by atoms with van der Waals surface area (Å²) in [5.74, 6) is 0.648. The first-order valence-electron chi connectivity index (χ1n) is 5.36. The number of hydrogen-bond donors (Lipinski definition) is 1. The van der Waals surface area contributed by atoms with Gasteiger partial charge in [-0.1, -0.05) is 0 Å². The second kappa shape index (κ2) is 3.77. The maximum Gasteiger partial charge on any atom is 0.410 e. The summed E-state index contributed by atoms with van der Waals surface area (Å²) in [6.07, 6.45) is 1.02. The molecule has 2 fully saturated rings. The van der Waals surface area contributed by atoms with Gasteiger partial charge >= 0.3 is 6.09 Å². The smallest absolute Gasteiger partial charge is 0.410 e. The molecule has 2 atom stereocenters. The van der Waals surface area contributed by atoms with Crippen LogP contribution in [0.15, 0.2) is 0 Å². The first-order valence-corrected chi connectivity index (χ1v) is 5.36. The lowest BCUT2D eigenvalue weighted by Gasteiger charge is -2.18. The van der Waals surface area contributed by atoms with Crippen molar-refractivity contribution in [3.63, 3.8) is 0 Å². The standard InChI is InChI=1S/C10H18N2O2/c1-7(2)14-10(13)12-5-8-3-4-11-9(8)6-12/h7-9,11H,3-6H2,1-2H3/t8-,9+/m0/s1. The lowest BCUT2D eigenvalue weighted by atomic mass is 10.1. The van der Waals surface area contributed by atoms with Gasteiger partial charge in [0.1, 0.15) is 0 Å². The Labute approximate surface area is 84.6 Å². The van der Waals surface area contributed by atoms with Crippen molar-refractivity contribution in [2.24, 2.45) is 5.92 Å². The van der Waals surface area contributed by atoms with Gasteiger partial charge in [-0.3, -0.25) is 0 Å². The molecule has 4 heteroatoms. The summed E-state index contributed by atoms with van der Waals surface area (Å²) in [7, 11) is 0. The van der Waals surface area contributed by atoms with E-state index in [1.165, 1.54) is 6.42 Å². The Bertz CT molecular complexity index is 218. The van der Waals surface area contributed by atoms with Gasteiger partial charge in [0.15, 0.2) is 0 Å². The molecule has 2 aliphatic heterocycles. The molecule has 1 amide bonds. The van der Waals surface area contributed by atoms with Crippen molar-refractivity contribution >= 4 is 6.09 Å². The molecule has 0 aliphatic carbocycles. The van der Waals surface area contributed by atoms with E-state index in [1.54, 1.807) is 0 Å². The zero-order chi connectivity index (χ0) is 10.1. The highest BCUT2D eigenvalue weighted by Gasteiger charge is 2.38. The molecular formula is C10H18N2O2. The Morgan fingerprint density at radius 3 is 2.93 bits per heavy atom. The van der Waals surface area contributed by atoms with Crippen LogP contribution in [0.2, 0.25) is 0 Å². The number of hydrogen-bond acceptors (Lipinski definition) is 3. The third-order valence-corrected chi connectivity index (χ3v) is 2.96. The van der Waals surface area contributed by atoms with Crippen LogP contribution in [0.25, 0.3) is 0 Å². The quantitative estimate of drug-likeness (QED) is 0.678. The van der Waals surface area contributed by atoms with Gasteiger partial charge in [0.05, 0.1) is 6.10 Å². The molecule has 0 saturated carbocycles. The van der Waals surface area contributed by atoms with E-state index < -0.39 is 0 Å². The van der Waals surface area contributed by atoms with Gasteiger partial charge in [-0.05, 0) is 32.7 Å². The summed E-state index contributed by atoms with van der Waals surface area (Å²) in [5.41, 5.74) is 0. The molecule has 0 spiro atoms. The van der Waals surface area contributed by atoms with E-state index in [0.717, 1.165) is 19.6 Å². The fourth-order valence-electron chi connectivity index (χ4n) is 2.27. The van der Waals surface area contributed by atoms with Crippen LogP contribution in [0, 0.1) is 5.92 Å². The van der Waals surface area contributed by atoms with Crippen LogP contribution in [0.3, 0.4) is 0 Å². The van der Waals surface area contributed by atoms with Crippen molar-refractivity contribution in [3.05, 3.63) is 0 Å². The Morgan fingerprint density at radius 1 is 1.50 bits per heavy atom. The average Bonchev–Trinajstić information content (AvgIpc) is 2.58. The number of fused-ring (bicyclic) bond motifs is 1. The minimum atomic E-state index is -0.156. The molecule has 1 N–H and O–H groups in total. The lowest BCUT2D eigenvalue weighted by Crippen LogP contribution is -2.35. The van der Waals surface area contributed by atoms with Gasteiger partial charge in [0.2, 0.25) is 0 Å². The lowest BCUT2D eigenvalue weighted by molar-refractivity contribution is 0.0817. The van der Waals surface area contributed by atoms with Crippen LogP contribution in [0.5, 0.6) is 0 Å². The van der Waals surface area contributed by atoms with Crippen LogP contribution in [-0.2, 0) is 4.74 Å². The van der Waals surface area contributed by atoms with Crippen molar-refractivity contribution < 1.29 is 9.53 Å². The van der Waals surface area contributed by atoms with Gasteiger partial charge in [-0.25, -0.2) is 4.79 Å². The van der Waals surface area contributed by atoms with Crippen LogP contribution in [0.4, 0.5) is 4.79 Å². The van der Waals surface area contributed by atoms with E-state index in [-0.39, 0.29) is 12.2 Å². The van der Waals surface area contributed by atoms with E-state index in [4.69, 9.17) is 4.74 Å². The summed E-state index contributed by atoms with van der Waals surface area (Å²) in [5, 5.41) is 3.41. The molecule has 2 rings (SSSR count). The number of nitrogens with zero attached hydrogens (tertiary/aromatic N) is 1. The summed E-state index contributed by atoms with van der Waals surface area (Å²) in [4.78, 5) is 13.4. The number of rotatable bonds is 1. The maximum absolute atomic E-state index is 11.6. The third kappa shape index (κ3) is 1.85. The molecule has 2 heterocycles. The highest BCUT2D eigenvalue weighted by molar-refractivity contribution is 5.68. The molecule has 2 saturated heterocycles. The molecule has 0 aromatic heterocycles. The molecule has 4 nitrogen and oxygen atoms in total. The minimum Gasteiger partial charge on any atom is -0.447 e. The number of likely N-dealkylation sites (tertiary alicyclic amines) is 1. The van der Waals surface area contributed by atoms with E-state index in [2.05, 4.69) is 5.32 Å². The highest BCUT2D eigenvalue weighted by Crippen LogP contribution is 2.24. The van der Waals surface area contributed by atoms with Crippen LogP contribution in [0.1, 0.15) is 20.3 Å². The summed E-state index contributed by atoms with van der Waals surface area (Å²) in [6, 6.07) is 0.509. The number of ether oxygens (including phenoxy) is 1. The topological polar surface area (TPSA) is 41.6 Å². The molecule has 0 radical (unpaired) electrons. The van der Waals surface area contributed by atoms with Gasteiger partial charge in [-0.2, -0.15) is 0 Å². The zero-order valence-corrected chi connectivity index (χ0v) is 8.82. The number of carbonyl (C=O) groups excluding carboxylic acids is 1. The molecule has 2 aliphatic rings. The predicted molar refractivity (Wildman–Crippen MR) is 53.1 cm³/mol. The van der Waals surface area contributed by atoms with Crippen molar-refractivity contribution in [2.45, 2.75) is 32.4 Å². The van der Waals surface area contributed by atoms with Gasteiger partial charge < -0.3 is 15.0 Å². The second-order valence-electron chi connectivity index (χ2n) is 4.45. The molecule has 0 unspecified atom stereocenters. The SMILES string of the molecule is CC(C)OC(=O)N1C[C@@H]2CCN[C@@H]2C1. The largest absolute Gasteiger partial charge is 0.447 e. The van der Waals surface area contributed by atoms with E-state index >= 15 is 0 Å². The minimum absolute atomic E-state index is 0.0177. The molecule has 14 heavy (non-hydrogen) atoms. The Hall–Kier alpha value is -0.770. The normalized spacial score (nSPS) is 30.9. The highest BCUT2D eigenvalue weighted by atomic mass is 16.6. The monoisotopic (exact) mass is 198 g/mol. The summed E-state index contributed by atoms with van der Waals surface area (Å²) in [6.45, 7) is 6.54. The number of amides is 1. The van der Waals surface area contributed by atoms with Crippen LogP contribution in [-0.4, -0.2) is 42.8 Å². The summed E-state index contributed by atoms with van der Waals surface area (Å²) >= 11 is 0. The zero-order valence-electron chi connectivity index (χ0n) is 8.82. The van der Waals surface area contributed by atoms with Crippen molar-refractivity contribution in [3.8, 4) is 0 Å². The molecule has 0 bridgehead atoms. The number of nitrogens with one attached hydrogen (secondary N) is 1. The fraction of sp³-hybridized carbons (Fsp3) is 0.900. The van der Waals surface area contributed by atoms with Gasteiger partial charge in [0.25, 0.3) is 0 Å². The predicted octanol–water partition coefficient (Wildman–Crippen LogP) is 0.825. The molecular weight excluding hydrogens is 180 g/mol. The van der Waals surface area contributed by atoms with Gasteiger partial charge in [0, 0.05) is 19.1 Å². The van der Waals surface area contributed by atoms with E-state index in [9.17, 15) is 4.79 Å².